The lowest BCUT2D eigenvalue weighted by molar-refractivity contribution is -0.137. The number of anilines is 1. The molecule has 0 saturated carbocycles. The predicted octanol–water partition coefficient (Wildman–Crippen LogP) is 3.92. The number of amides is 1. The summed E-state index contributed by atoms with van der Waals surface area (Å²) in [5.41, 5.74) is -1.99. The van der Waals surface area contributed by atoms with Crippen molar-refractivity contribution >= 4 is 23.0 Å². The average molecular weight is 368 g/mol. The van der Waals surface area contributed by atoms with Gasteiger partial charge in [0.1, 0.15) is 4.75 Å². The van der Waals surface area contributed by atoms with Gasteiger partial charge < -0.3 is 9.87 Å². The Morgan fingerprint density at radius 1 is 1.25 bits per heavy atom. The summed E-state index contributed by atoms with van der Waals surface area (Å²) in [6, 6.07) is 0.228. The Hall–Kier alpha value is -1.32. The van der Waals surface area contributed by atoms with E-state index in [1.165, 1.54) is 6.92 Å². The molecule has 1 aromatic rings. The van der Waals surface area contributed by atoms with E-state index in [-0.39, 0.29) is 5.56 Å². The number of hydrogen-bond acceptors (Lipinski definition) is 3. The first kappa shape index (κ1) is 20.7. The van der Waals surface area contributed by atoms with Crippen molar-refractivity contribution in [3.05, 3.63) is 29.1 Å². The van der Waals surface area contributed by atoms with E-state index in [1.54, 1.807) is 20.8 Å². The van der Waals surface area contributed by atoms with E-state index in [9.17, 15) is 26.9 Å². The second kappa shape index (κ2) is 7.28. The third-order valence-electron chi connectivity index (χ3n) is 3.05. The topological polar surface area (TPSA) is 64.2 Å². The number of carbonyl (C=O) groups is 1. The first-order chi connectivity index (χ1) is 10.7. The Morgan fingerprint density at radius 2 is 1.79 bits per heavy atom. The van der Waals surface area contributed by atoms with Gasteiger partial charge >= 0.3 is 6.18 Å². The van der Waals surface area contributed by atoms with Crippen LogP contribution < -0.4 is 10.0 Å². The maximum atomic E-state index is 14.5. The Balaban J connectivity index is 3.32. The molecule has 0 unspecified atom stereocenters. The SMILES string of the molecule is CC(=O)Nc1cc(C(F)(F)F)cc([C@@H](C)N[S@+]([O-])C(C)(C)C)c1F. The Labute approximate surface area is 141 Å². The lowest BCUT2D eigenvalue weighted by Gasteiger charge is -2.27. The molecule has 1 amide bonds. The fraction of sp³-hybridized carbons (Fsp3) is 0.533. The molecule has 2 N–H and O–H groups in total. The van der Waals surface area contributed by atoms with Gasteiger partial charge in [-0.1, -0.05) is 0 Å². The zero-order valence-corrected chi connectivity index (χ0v) is 14.8. The fourth-order valence-corrected chi connectivity index (χ4v) is 2.61. The van der Waals surface area contributed by atoms with Crippen LogP contribution in [-0.4, -0.2) is 15.2 Å². The number of hydrogen-bond donors (Lipinski definition) is 2. The Kier molecular flexibility index (Phi) is 6.29. The van der Waals surface area contributed by atoms with Crippen LogP contribution in [0.25, 0.3) is 0 Å². The monoisotopic (exact) mass is 368 g/mol. The van der Waals surface area contributed by atoms with E-state index in [1.807, 2.05) is 5.32 Å². The van der Waals surface area contributed by atoms with Gasteiger partial charge in [-0.2, -0.15) is 13.2 Å². The highest BCUT2D eigenvalue weighted by Crippen LogP contribution is 2.35. The summed E-state index contributed by atoms with van der Waals surface area (Å²) in [5, 5.41) is 2.05. The summed E-state index contributed by atoms with van der Waals surface area (Å²) < 4.78 is 67.5. The van der Waals surface area contributed by atoms with Crippen LogP contribution in [-0.2, 0) is 22.3 Å². The Bertz CT molecular complexity index is 615. The minimum absolute atomic E-state index is 0.328. The summed E-state index contributed by atoms with van der Waals surface area (Å²) in [6.07, 6.45) is -4.71. The molecule has 24 heavy (non-hydrogen) atoms. The summed E-state index contributed by atoms with van der Waals surface area (Å²) in [5.74, 6) is -1.69. The van der Waals surface area contributed by atoms with Gasteiger partial charge in [0.2, 0.25) is 5.91 Å². The normalized spacial score (nSPS) is 15.1. The number of carbonyl (C=O) groups excluding carboxylic acids is 1. The summed E-state index contributed by atoms with van der Waals surface area (Å²) in [7, 11) is 0. The van der Waals surface area contributed by atoms with Crippen molar-refractivity contribution in [2.24, 2.45) is 0 Å². The Morgan fingerprint density at radius 3 is 2.21 bits per heavy atom. The largest absolute Gasteiger partial charge is 0.598 e. The minimum atomic E-state index is -4.71. The third-order valence-corrected chi connectivity index (χ3v) is 4.73. The molecule has 1 aromatic carbocycles. The molecule has 4 nitrogen and oxygen atoms in total. The molecule has 0 heterocycles. The van der Waals surface area contributed by atoms with E-state index < -0.39 is 51.3 Å². The second-order valence-electron chi connectivity index (χ2n) is 6.33. The number of nitrogens with one attached hydrogen (secondary N) is 2. The van der Waals surface area contributed by atoms with Gasteiger partial charge in [-0.3, -0.25) is 4.79 Å². The highest BCUT2D eigenvalue weighted by molar-refractivity contribution is 7.90. The molecule has 0 spiro atoms. The third kappa shape index (κ3) is 5.35. The number of halogens is 4. The van der Waals surface area contributed by atoms with Gasteiger partial charge in [0.25, 0.3) is 0 Å². The highest BCUT2D eigenvalue weighted by Gasteiger charge is 2.35. The van der Waals surface area contributed by atoms with Crippen molar-refractivity contribution < 1.29 is 26.9 Å². The summed E-state index contributed by atoms with van der Waals surface area (Å²) in [6.45, 7) is 7.49. The van der Waals surface area contributed by atoms with Gasteiger partial charge in [0, 0.05) is 23.8 Å². The predicted molar refractivity (Wildman–Crippen MR) is 85.2 cm³/mol. The molecule has 0 aliphatic rings. The molecule has 0 radical (unpaired) electrons. The van der Waals surface area contributed by atoms with Crippen LogP contribution >= 0.6 is 0 Å². The van der Waals surface area contributed by atoms with Crippen LogP contribution in [0.3, 0.4) is 0 Å². The quantitative estimate of drug-likeness (QED) is 0.625. The van der Waals surface area contributed by atoms with Crippen LogP contribution in [0.2, 0.25) is 0 Å². The van der Waals surface area contributed by atoms with E-state index in [2.05, 4.69) is 4.72 Å². The van der Waals surface area contributed by atoms with Crippen molar-refractivity contribution in [2.75, 3.05) is 5.32 Å². The molecular weight excluding hydrogens is 348 g/mol. The molecule has 2 atom stereocenters. The van der Waals surface area contributed by atoms with Gasteiger partial charge in [-0.05, 0) is 39.8 Å². The summed E-state index contributed by atoms with van der Waals surface area (Å²) in [4.78, 5) is 11.1. The first-order valence-corrected chi connectivity index (χ1v) is 8.24. The van der Waals surface area contributed by atoms with Crippen LogP contribution in [0.4, 0.5) is 23.2 Å². The van der Waals surface area contributed by atoms with E-state index in [4.69, 9.17) is 0 Å². The summed E-state index contributed by atoms with van der Waals surface area (Å²) >= 11 is -1.61. The zero-order chi connectivity index (χ0) is 18.9. The van der Waals surface area contributed by atoms with Gasteiger partial charge in [-0.25, -0.2) is 4.39 Å². The lowest BCUT2D eigenvalue weighted by Crippen LogP contribution is -2.40. The van der Waals surface area contributed by atoms with Crippen molar-refractivity contribution in [1.82, 2.24) is 4.72 Å². The molecule has 0 aliphatic carbocycles. The zero-order valence-electron chi connectivity index (χ0n) is 14.0. The van der Waals surface area contributed by atoms with Gasteiger partial charge in [0.05, 0.1) is 17.3 Å². The molecule has 1 rings (SSSR count). The van der Waals surface area contributed by atoms with Gasteiger partial charge in [0.15, 0.2) is 5.82 Å². The maximum absolute atomic E-state index is 14.5. The number of rotatable bonds is 4. The molecule has 0 bridgehead atoms. The van der Waals surface area contributed by atoms with Crippen molar-refractivity contribution in [3.63, 3.8) is 0 Å². The molecular formula is C15H20F4N2O2S. The van der Waals surface area contributed by atoms with Crippen LogP contribution in [0.5, 0.6) is 0 Å². The minimum Gasteiger partial charge on any atom is -0.598 e. The smallest absolute Gasteiger partial charge is 0.416 e. The molecule has 0 aliphatic heterocycles. The number of benzene rings is 1. The molecule has 136 valence electrons. The molecule has 0 fully saturated rings. The standard InChI is InChI=1S/C15H20F4N2O2S/c1-8(21-24(23)14(3,4)5)11-6-10(15(17,18)19)7-12(13(11)16)20-9(2)22/h6-8,21H,1-5H3,(H,20,22)/t8-,24-/m1/s1. The lowest BCUT2D eigenvalue weighted by atomic mass is 10.0. The van der Waals surface area contributed by atoms with E-state index in [0.717, 1.165) is 6.92 Å². The molecule has 0 aromatic heterocycles. The number of alkyl halides is 3. The first-order valence-electron chi connectivity index (χ1n) is 7.09. The van der Waals surface area contributed by atoms with Crippen LogP contribution in [0, 0.1) is 5.82 Å². The van der Waals surface area contributed by atoms with E-state index in [0.29, 0.717) is 12.1 Å². The van der Waals surface area contributed by atoms with E-state index >= 15 is 0 Å². The maximum Gasteiger partial charge on any atom is 0.416 e. The fourth-order valence-electron chi connectivity index (χ4n) is 1.81. The van der Waals surface area contributed by atoms with Crippen molar-refractivity contribution in [3.8, 4) is 0 Å². The average Bonchev–Trinajstić information content (AvgIpc) is 2.37. The molecule has 0 saturated heterocycles. The molecule has 9 heteroatoms. The van der Waals surface area contributed by atoms with Gasteiger partial charge in [-0.15, -0.1) is 4.72 Å². The van der Waals surface area contributed by atoms with Crippen LogP contribution in [0.1, 0.15) is 51.8 Å². The second-order valence-corrected chi connectivity index (χ2v) is 8.32. The van der Waals surface area contributed by atoms with Crippen molar-refractivity contribution in [2.45, 2.75) is 51.6 Å². The highest BCUT2D eigenvalue weighted by atomic mass is 32.2. The van der Waals surface area contributed by atoms with Crippen LogP contribution in [0.15, 0.2) is 12.1 Å². The van der Waals surface area contributed by atoms with Crippen molar-refractivity contribution in [1.29, 1.82) is 0 Å².